The smallest absolute Gasteiger partial charge is 0.467 e. The van der Waals surface area contributed by atoms with E-state index < -0.39 is 152 Å². The van der Waals surface area contributed by atoms with Gasteiger partial charge in [0.2, 0.25) is 35.4 Å². The Morgan fingerprint density at radius 1 is 0.726 bits per heavy atom. The number of halogens is 3. The van der Waals surface area contributed by atoms with Crippen LogP contribution in [0.15, 0.2) is 0 Å². The quantitative estimate of drug-likeness (QED) is 0.0335. The average Bonchev–Trinajstić information content (AvgIpc) is 3.21. The minimum Gasteiger partial charge on any atom is -0.467 e. The normalized spacial score (nSPS) is 21.5. The van der Waals surface area contributed by atoms with Crippen LogP contribution >= 0.6 is 0 Å². The maximum Gasteiger partial charge on any atom is 0.471 e. The van der Waals surface area contributed by atoms with E-state index in [1.54, 1.807) is 5.32 Å². The number of hydrogen-bond donors (Lipinski definition) is 9. The predicted octanol–water partition coefficient (Wildman–Crippen LogP) is -3.55. The summed E-state index contributed by atoms with van der Waals surface area (Å²) in [5.41, 5.74) is 0. The van der Waals surface area contributed by atoms with Crippen molar-refractivity contribution in [3.8, 4) is 0 Å². The number of carbonyl (C=O) groups excluding carboxylic acids is 9. The molecule has 1 rings (SSSR count). The molecule has 26 heteroatoms. The highest BCUT2D eigenvalue weighted by Gasteiger charge is 2.48. The van der Waals surface area contributed by atoms with Crippen LogP contribution in [0.1, 0.15) is 66.7 Å². The van der Waals surface area contributed by atoms with Gasteiger partial charge in [-0.05, 0) is 53.4 Å². The molecule has 62 heavy (non-hydrogen) atoms. The molecule has 0 unspecified atom stereocenters. The minimum absolute atomic E-state index is 0.00699. The Kier molecular flexibility index (Phi) is 23.3. The van der Waals surface area contributed by atoms with Crippen molar-refractivity contribution in [3.63, 3.8) is 0 Å². The van der Waals surface area contributed by atoms with Crippen LogP contribution in [0.2, 0.25) is 0 Å². The van der Waals surface area contributed by atoms with Crippen LogP contribution in [0.3, 0.4) is 0 Å². The molecule has 23 nitrogen and oxygen atoms in total. The fraction of sp³-hybridized carbons (Fsp3) is 0.750. The maximum atomic E-state index is 13.2. The van der Waals surface area contributed by atoms with Gasteiger partial charge in [0.1, 0.15) is 60.7 Å². The second kappa shape index (κ2) is 26.3. The van der Waals surface area contributed by atoms with Gasteiger partial charge in [-0.2, -0.15) is 13.2 Å². The van der Waals surface area contributed by atoms with E-state index in [9.17, 15) is 66.5 Å². The molecule has 0 saturated carbocycles. The lowest BCUT2D eigenvalue weighted by Gasteiger charge is -2.44. The summed E-state index contributed by atoms with van der Waals surface area (Å²) in [6.45, 7) is 5.22. The molecule has 0 aliphatic carbocycles. The fourth-order valence-electron chi connectivity index (χ4n) is 5.74. The van der Waals surface area contributed by atoms with Gasteiger partial charge < -0.3 is 71.1 Å². The van der Waals surface area contributed by atoms with Crippen molar-refractivity contribution in [1.29, 1.82) is 0 Å². The third-order valence-corrected chi connectivity index (χ3v) is 9.18. The summed E-state index contributed by atoms with van der Waals surface area (Å²) in [4.78, 5) is 113. The van der Waals surface area contributed by atoms with Crippen LogP contribution in [0.25, 0.3) is 0 Å². The van der Waals surface area contributed by atoms with Crippen molar-refractivity contribution >= 4 is 53.3 Å². The highest BCUT2D eigenvalue weighted by molar-refractivity contribution is 5.94. The number of aliphatic hydroxyl groups is 2. The van der Waals surface area contributed by atoms with E-state index >= 15 is 0 Å². The zero-order valence-corrected chi connectivity index (χ0v) is 35.5. The van der Waals surface area contributed by atoms with Crippen molar-refractivity contribution in [3.05, 3.63) is 0 Å². The largest absolute Gasteiger partial charge is 0.471 e. The number of ether oxygens (including phenoxy) is 5. The Morgan fingerprint density at radius 2 is 1.29 bits per heavy atom. The van der Waals surface area contributed by atoms with Gasteiger partial charge >= 0.3 is 24.0 Å². The van der Waals surface area contributed by atoms with Crippen molar-refractivity contribution in [2.45, 2.75) is 140 Å². The summed E-state index contributed by atoms with van der Waals surface area (Å²) in [5.74, 6) is -8.86. The predicted molar refractivity (Wildman–Crippen MR) is 204 cm³/mol. The summed E-state index contributed by atoms with van der Waals surface area (Å²) in [5, 5.41) is 36.5. The summed E-state index contributed by atoms with van der Waals surface area (Å²) in [7, 11) is 3.34. The number of aliphatic hydroxyl groups excluding tert-OH is 2. The Morgan fingerprint density at radius 3 is 1.82 bits per heavy atom. The molecule has 0 aromatic rings. The Balaban J connectivity index is 3.01. The Hall–Kier alpha value is -5.18. The lowest BCUT2D eigenvalue weighted by atomic mass is 9.96. The lowest BCUT2D eigenvalue weighted by molar-refractivity contribution is -0.273. The zero-order valence-electron chi connectivity index (χ0n) is 35.5. The van der Waals surface area contributed by atoms with Crippen LogP contribution in [0.4, 0.5) is 13.2 Å². The highest BCUT2D eigenvalue weighted by Crippen LogP contribution is 2.25. The standard InChI is InChI=1S/C36H58F3N7O16/c1-16(28(51)43-18(3)32(55)58-6)42-31(54)21(11-9-10-14-40-35(57)36(37,38)39)45-24(49)13-12-22(33(56)59-7)46-29(52)17(2)41-30(53)19(4)61-27-25(44-20(5)48)34(60-8)62-23(15-47)26(27)50/h16-19,21-23,25-27,34,47,50H,9-15H2,1-8H3,(H,40,57)(H,41,53)(H,42,54)(H,43,51)(H,44,48)(H,45,49)(H,46,52)/t16-,17+,18-,19-,21+,22-,23-,25-,26-,27-,34+/m1/s1. The third kappa shape index (κ3) is 18.0. The first-order valence-electron chi connectivity index (χ1n) is 19.3. The molecule has 354 valence electrons. The number of hydrogen-bond acceptors (Lipinski definition) is 16. The molecular formula is C36H58F3N7O16. The van der Waals surface area contributed by atoms with E-state index in [1.807, 2.05) is 0 Å². The summed E-state index contributed by atoms with van der Waals surface area (Å²) in [6.07, 6.45) is -13.0. The second-order valence-corrected chi connectivity index (χ2v) is 14.1. The SMILES string of the molecule is COC(=O)[C@@H](C)NC(=O)[C@@H](C)NC(=O)[C@H](CCCCNC(=O)C(F)(F)F)NC(=O)CC[C@@H](NC(=O)[C@H](C)NC(=O)[C@@H](C)O[C@H]1[C@H](O)[C@@H](CO)O[C@H](OC)[C@@H]1NC(C)=O)C(=O)OC. The third-order valence-electron chi connectivity index (χ3n) is 9.18. The second-order valence-electron chi connectivity index (χ2n) is 14.1. The van der Waals surface area contributed by atoms with Crippen LogP contribution in [-0.4, -0.2) is 171 Å². The molecule has 7 amide bonds. The molecule has 0 aromatic heterocycles. The number of esters is 2. The van der Waals surface area contributed by atoms with Crippen LogP contribution in [0.5, 0.6) is 0 Å². The van der Waals surface area contributed by atoms with Gasteiger partial charge in [0.25, 0.3) is 0 Å². The van der Waals surface area contributed by atoms with Crippen LogP contribution < -0.4 is 37.2 Å². The summed E-state index contributed by atoms with van der Waals surface area (Å²) >= 11 is 0. The Labute approximate surface area is 354 Å². The molecule has 9 N–H and O–H groups in total. The van der Waals surface area contributed by atoms with Gasteiger partial charge in [0, 0.05) is 27.0 Å². The summed E-state index contributed by atoms with van der Waals surface area (Å²) in [6, 6.07) is -7.69. The van der Waals surface area contributed by atoms with Gasteiger partial charge in [-0.1, -0.05) is 0 Å². The number of methoxy groups -OCH3 is 3. The van der Waals surface area contributed by atoms with Crippen molar-refractivity contribution in [2.75, 3.05) is 34.5 Å². The molecule has 11 atom stereocenters. The summed E-state index contributed by atoms with van der Waals surface area (Å²) < 4.78 is 63.4. The Bertz CT molecular complexity index is 1570. The van der Waals surface area contributed by atoms with E-state index in [0.717, 1.165) is 14.2 Å². The van der Waals surface area contributed by atoms with Gasteiger partial charge in [0.05, 0.1) is 20.8 Å². The first-order chi connectivity index (χ1) is 28.9. The lowest BCUT2D eigenvalue weighted by Crippen LogP contribution is -2.66. The molecule has 1 fully saturated rings. The number of rotatable bonds is 24. The monoisotopic (exact) mass is 901 g/mol. The van der Waals surface area contributed by atoms with Crippen molar-refractivity contribution in [2.24, 2.45) is 0 Å². The van der Waals surface area contributed by atoms with Gasteiger partial charge in [-0.25, -0.2) is 9.59 Å². The molecule has 0 bridgehead atoms. The topological polar surface area (TPSA) is 324 Å². The van der Waals surface area contributed by atoms with E-state index in [-0.39, 0.29) is 19.3 Å². The molecular weight excluding hydrogens is 843 g/mol. The molecule has 1 aliphatic rings. The number of amides is 7. The van der Waals surface area contributed by atoms with Crippen LogP contribution in [-0.2, 0) is 66.8 Å². The minimum atomic E-state index is -5.11. The maximum absolute atomic E-state index is 13.2. The van der Waals surface area contributed by atoms with Crippen molar-refractivity contribution < 1.29 is 90.2 Å². The number of nitrogens with one attached hydrogen (secondary N) is 7. The molecule has 1 aliphatic heterocycles. The first kappa shape index (κ1) is 54.8. The van der Waals surface area contributed by atoms with Crippen LogP contribution in [0, 0.1) is 0 Å². The van der Waals surface area contributed by atoms with Crippen molar-refractivity contribution in [1.82, 2.24) is 37.2 Å². The number of carbonyl (C=O) groups is 9. The molecule has 0 spiro atoms. The molecule has 1 saturated heterocycles. The first-order valence-corrected chi connectivity index (χ1v) is 19.3. The van der Waals surface area contributed by atoms with E-state index in [2.05, 4.69) is 36.6 Å². The number of unbranched alkanes of at least 4 members (excludes halogenated alkanes) is 1. The number of alkyl halides is 3. The van der Waals surface area contributed by atoms with E-state index in [0.29, 0.717) is 0 Å². The molecule has 1 heterocycles. The van der Waals surface area contributed by atoms with Gasteiger partial charge in [-0.15, -0.1) is 0 Å². The highest BCUT2D eigenvalue weighted by atomic mass is 19.4. The molecule has 0 radical (unpaired) electrons. The fourth-order valence-corrected chi connectivity index (χ4v) is 5.74. The van der Waals surface area contributed by atoms with E-state index in [4.69, 9.17) is 18.9 Å². The van der Waals surface area contributed by atoms with Gasteiger partial charge in [0.15, 0.2) is 6.29 Å². The average molecular weight is 902 g/mol. The molecule has 0 aromatic carbocycles. The zero-order chi connectivity index (χ0) is 47.5. The van der Waals surface area contributed by atoms with Gasteiger partial charge in [-0.3, -0.25) is 33.6 Å². The van der Waals surface area contributed by atoms with E-state index in [1.165, 1.54) is 41.7 Å².